The van der Waals surface area contributed by atoms with Crippen molar-refractivity contribution in [3.63, 3.8) is 0 Å². The molecule has 1 atom stereocenters. The van der Waals surface area contributed by atoms with Crippen LogP contribution < -0.4 is 5.32 Å². The molecule has 0 aromatic heterocycles. The molecule has 2 N–H and O–H groups in total. The number of carboxylic acid groups (broad SMARTS) is 1. The number of carboxylic acids is 1. The van der Waals surface area contributed by atoms with Crippen LogP contribution in [0.25, 0.3) is 0 Å². The van der Waals surface area contributed by atoms with Crippen molar-refractivity contribution in [3.05, 3.63) is 35.6 Å². The number of likely N-dealkylation sites (tertiary alicyclic amines) is 2. The first-order valence-corrected chi connectivity index (χ1v) is 11.4. The molecule has 0 saturated carbocycles. The van der Waals surface area contributed by atoms with Gasteiger partial charge in [0.15, 0.2) is 0 Å². The molecule has 0 aliphatic carbocycles. The zero-order chi connectivity index (χ0) is 22.4. The third kappa shape index (κ3) is 6.45. The predicted octanol–water partition coefficient (Wildman–Crippen LogP) is 2.71. The summed E-state index contributed by atoms with van der Waals surface area (Å²) in [6.07, 6.45) is 10.1. The molecule has 0 spiro atoms. The van der Waals surface area contributed by atoms with Gasteiger partial charge < -0.3 is 20.2 Å². The molecule has 3 aliphatic rings. The van der Waals surface area contributed by atoms with Crippen LogP contribution in [0.15, 0.2) is 35.6 Å². The van der Waals surface area contributed by atoms with Gasteiger partial charge in [0, 0.05) is 44.2 Å². The zero-order valence-corrected chi connectivity index (χ0v) is 18.6. The lowest BCUT2D eigenvalue weighted by Gasteiger charge is -2.37. The summed E-state index contributed by atoms with van der Waals surface area (Å²) in [5.41, 5.74) is 3.75. The van der Waals surface area contributed by atoms with Crippen LogP contribution in [0, 0.1) is 11.8 Å². The molecule has 2 saturated heterocycles. The summed E-state index contributed by atoms with van der Waals surface area (Å²) in [4.78, 5) is 39.1. The lowest BCUT2D eigenvalue weighted by Crippen LogP contribution is -2.48. The van der Waals surface area contributed by atoms with Crippen molar-refractivity contribution in [1.82, 2.24) is 15.1 Å². The van der Waals surface area contributed by atoms with Crippen molar-refractivity contribution >= 4 is 17.8 Å². The van der Waals surface area contributed by atoms with Gasteiger partial charge in [0.25, 0.3) is 0 Å². The van der Waals surface area contributed by atoms with E-state index in [1.807, 2.05) is 4.90 Å². The maximum absolute atomic E-state index is 12.9. The van der Waals surface area contributed by atoms with Crippen LogP contribution in [-0.4, -0.2) is 65.4 Å². The summed E-state index contributed by atoms with van der Waals surface area (Å²) in [5, 5.41) is 12.3. The highest BCUT2D eigenvalue weighted by atomic mass is 16.4. The molecule has 2 fully saturated rings. The Morgan fingerprint density at radius 2 is 1.97 bits per heavy atom. The Kier molecular flexibility index (Phi) is 7.93. The summed E-state index contributed by atoms with van der Waals surface area (Å²) in [6.45, 7) is 8.91. The highest BCUT2D eigenvalue weighted by Crippen LogP contribution is 2.28. The van der Waals surface area contributed by atoms with Crippen LogP contribution in [0.4, 0.5) is 0 Å². The van der Waals surface area contributed by atoms with Crippen LogP contribution in [0.2, 0.25) is 0 Å². The first-order chi connectivity index (χ1) is 14.8. The minimum Gasteiger partial charge on any atom is -0.480 e. The molecular formula is C24H35N3O4. The number of aliphatic carboxylic acids is 1. The topological polar surface area (TPSA) is 90.0 Å². The van der Waals surface area contributed by atoms with Gasteiger partial charge >= 0.3 is 5.97 Å². The first kappa shape index (κ1) is 23.1. The number of nitrogens with one attached hydrogen (secondary N) is 1. The summed E-state index contributed by atoms with van der Waals surface area (Å²) in [5.74, 6) is -0.984. The van der Waals surface area contributed by atoms with Gasteiger partial charge in [-0.1, -0.05) is 24.3 Å². The maximum atomic E-state index is 12.9. The van der Waals surface area contributed by atoms with Crippen molar-refractivity contribution in [2.45, 2.75) is 51.9 Å². The van der Waals surface area contributed by atoms with Crippen molar-refractivity contribution in [3.8, 4) is 0 Å². The van der Waals surface area contributed by atoms with E-state index >= 15 is 0 Å². The molecule has 2 amide bonds. The largest absolute Gasteiger partial charge is 0.480 e. The number of amides is 2. The second-order valence-electron chi connectivity index (χ2n) is 9.04. The molecule has 0 bridgehead atoms. The van der Waals surface area contributed by atoms with E-state index in [1.54, 1.807) is 0 Å². The van der Waals surface area contributed by atoms with E-state index < -0.39 is 5.97 Å². The summed E-state index contributed by atoms with van der Waals surface area (Å²) in [7, 11) is 0. The van der Waals surface area contributed by atoms with Gasteiger partial charge in [-0.25, -0.2) is 0 Å². The van der Waals surface area contributed by atoms with Gasteiger partial charge in [0.05, 0.1) is 0 Å². The average Bonchev–Trinajstić information content (AvgIpc) is 2.74. The molecule has 1 unspecified atom stereocenters. The van der Waals surface area contributed by atoms with Crippen molar-refractivity contribution < 1.29 is 19.5 Å². The third-order valence-corrected chi connectivity index (χ3v) is 6.69. The highest BCUT2D eigenvalue weighted by molar-refractivity contribution is 5.88. The van der Waals surface area contributed by atoms with E-state index in [9.17, 15) is 14.4 Å². The zero-order valence-electron chi connectivity index (χ0n) is 18.6. The fraction of sp³-hybridized carbons (Fsp3) is 0.625. The van der Waals surface area contributed by atoms with Crippen LogP contribution in [0.1, 0.15) is 51.9 Å². The maximum Gasteiger partial charge on any atom is 0.323 e. The molecule has 3 heterocycles. The van der Waals surface area contributed by atoms with E-state index in [-0.39, 0.29) is 30.7 Å². The SMILES string of the molecule is C=C(/C=C\C1=C(C)NCCC1)CC1CCN(C(=O)C2CCN(CC(=O)O)C(=O)C2)CC1. The minimum absolute atomic E-state index is 0.0488. The Bertz CT molecular complexity index is 778. The van der Waals surface area contributed by atoms with Gasteiger partial charge in [-0.15, -0.1) is 0 Å². The van der Waals surface area contributed by atoms with Gasteiger partial charge in [-0.3, -0.25) is 14.4 Å². The van der Waals surface area contributed by atoms with Gasteiger partial charge in [0.2, 0.25) is 11.8 Å². The number of hydrogen-bond donors (Lipinski definition) is 2. The van der Waals surface area contributed by atoms with Crippen LogP contribution >= 0.6 is 0 Å². The van der Waals surface area contributed by atoms with Crippen molar-refractivity contribution in [2.75, 3.05) is 32.7 Å². The number of carbonyl (C=O) groups is 3. The lowest BCUT2D eigenvalue weighted by atomic mass is 9.88. The van der Waals surface area contributed by atoms with E-state index in [4.69, 9.17) is 5.11 Å². The van der Waals surface area contributed by atoms with E-state index in [2.05, 4.69) is 31.0 Å². The predicted molar refractivity (Wildman–Crippen MR) is 119 cm³/mol. The van der Waals surface area contributed by atoms with Crippen molar-refractivity contribution in [1.29, 1.82) is 0 Å². The van der Waals surface area contributed by atoms with Crippen LogP contribution in [0.5, 0.6) is 0 Å². The summed E-state index contributed by atoms with van der Waals surface area (Å²) in [6, 6.07) is 0. The molecule has 31 heavy (non-hydrogen) atoms. The highest BCUT2D eigenvalue weighted by Gasteiger charge is 2.34. The fourth-order valence-electron chi connectivity index (χ4n) is 4.76. The van der Waals surface area contributed by atoms with E-state index in [0.717, 1.165) is 50.9 Å². The molecular weight excluding hydrogens is 394 g/mol. The third-order valence-electron chi connectivity index (χ3n) is 6.69. The molecule has 7 nitrogen and oxygen atoms in total. The van der Waals surface area contributed by atoms with Gasteiger partial charge in [-0.05, 0) is 56.9 Å². The Morgan fingerprint density at radius 1 is 1.23 bits per heavy atom. The van der Waals surface area contributed by atoms with Crippen LogP contribution in [-0.2, 0) is 14.4 Å². The molecule has 0 radical (unpaired) electrons. The Labute approximate surface area is 184 Å². The molecule has 0 aromatic rings. The summed E-state index contributed by atoms with van der Waals surface area (Å²) >= 11 is 0. The number of allylic oxidation sites excluding steroid dienone is 5. The number of hydrogen-bond acceptors (Lipinski definition) is 4. The van der Waals surface area contributed by atoms with E-state index in [0.29, 0.717) is 18.9 Å². The summed E-state index contributed by atoms with van der Waals surface area (Å²) < 4.78 is 0. The lowest BCUT2D eigenvalue weighted by molar-refractivity contribution is -0.150. The quantitative estimate of drug-likeness (QED) is 0.608. The molecule has 7 heteroatoms. The van der Waals surface area contributed by atoms with Crippen molar-refractivity contribution in [2.24, 2.45) is 11.8 Å². The molecule has 170 valence electrons. The number of nitrogens with zero attached hydrogens (tertiary/aromatic N) is 2. The van der Waals surface area contributed by atoms with Crippen LogP contribution in [0.3, 0.4) is 0 Å². The monoisotopic (exact) mass is 429 g/mol. The average molecular weight is 430 g/mol. The van der Waals surface area contributed by atoms with E-state index in [1.165, 1.54) is 22.6 Å². The standard InChI is InChI=1S/C24H35N3O4/c1-17(5-6-20-4-3-10-25-18(20)2)14-19-7-11-26(12-8-19)24(31)21-9-13-27(16-23(29)30)22(28)15-21/h5-6,19,21,25H,1,3-4,7-16H2,2H3,(H,29,30)/b6-5-. The second-order valence-corrected chi connectivity index (χ2v) is 9.04. The number of rotatable bonds is 7. The molecule has 0 aromatic carbocycles. The molecule has 3 aliphatic heterocycles. The smallest absolute Gasteiger partial charge is 0.323 e. The van der Waals surface area contributed by atoms with Gasteiger partial charge in [-0.2, -0.15) is 0 Å². The second kappa shape index (κ2) is 10.6. The Hall–Kier alpha value is -2.57. The number of piperidine rings is 2. The Balaban J connectivity index is 1.42. The minimum atomic E-state index is -1.01. The molecule has 3 rings (SSSR count). The fourth-order valence-corrected chi connectivity index (χ4v) is 4.76. The Morgan fingerprint density at radius 3 is 2.61 bits per heavy atom. The first-order valence-electron chi connectivity index (χ1n) is 11.4. The normalized spacial score (nSPS) is 23.3. The number of carbonyl (C=O) groups excluding carboxylic acids is 2. The van der Waals surface area contributed by atoms with Gasteiger partial charge in [0.1, 0.15) is 6.54 Å².